The van der Waals surface area contributed by atoms with Gasteiger partial charge in [0.1, 0.15) is 9.04 Å². The highest BCUT2D eigenvalue weighted by Crippen LogP contribution is 2.09. The Morgan fingerprint density at radius 1 is 0.846 bits per heavy atom. The van der Waals surface area contributed by atoms with Crippen molar-refractivity contribution in [3.8, 4) is 0 Å². The Kier molecular flexibility index (Phi) is 7.88. The van der Waals surface area contributed by atoms with Gasteiger partial charge < -0.3 is 13.3 Å². The second kappa shape index (κ2) is 7.69. The predicted octanol–water partition coefficient (Wildman–Crippen LogP) is 1.14. The predicted molar refractivity (Wildman–Crippen MR) is 59.7 cm³/mol. The third-order valence-corrected chi connectivity index (χ3v) is 10.1. The summed E-state index contributed by atoms with van der Waals surface area (Å²) >= 11 is 0. The van der Waals surface area contributed by atoms with Gasteiger partial charge in [-0.1, -0.05) is 13.0 Å². The Morgan fingerprint density at radius 2 is 1.23 bits per heavy atom. The van der Waals surface area contributed by atoms with E-state index in [4.69, 9.17) is 13.3 Å². The van der Waals surface area contributed by atoms with Crippen molar-refractivity contribution in [2.45, 2.75) is 33.7 Å². The first-order valence-corrected chi connectivity index (χ1v) is 10.2. The van der Waals surface area contributed by atoms with Crippen LogP contribution >= 0.6 is 0 Å². The van der Waals surface area contributed by atoms with Crippen molar-refractivity contribution in [2.24, 2.45) is 0 Å². The van der Waals surface area contributed by atoms with E-state index in [1.54, 1.807) is 0 Å². The lowest BCUT2D eigenvalue weighted by Crippen LogP contribution is -2.52. The quantitative estimate of drug-likeness (QED) is 0.577. The van der Waals surface area contributed by atoms with Gasteiger partial charge in [0.15, 0.2) is 0 Å². The zero-order valence-electron chi connectivity index (χ0n) is 9.26. The van der Waals surface area contributed by atoms with Gasteiger partial charge in [-0.05, 0) is 20.8 Å². The van der Waals surface area contributed by atoms with Gasteiger partial charge in [-0.3, -0.25) is 0 Å². The van der Waals surface area contributed by atoms with E-state index >= 15 is 0 Å². The molecule has 13 heavy (non-hydrogen) atoms. The summed E-state index contributed by atoms with van der Waals surface area (Å²) in [6.45, 7) is 10.3. The Hall–Kier alpha value is 0.314. The van der Waals surface area contributed by atoms with Crippen LogP contribution in [0.1, 0.15) is 27.7 Å². The van der Waals surface area contributed by atoms with Crippen molar-refractivity contribution in [1.82, 2.24) is 0 Å². The Labute approximate surface area is 84.7 Å². The number of hydrogen-bond donors (Lipinski definition) is 0. The highest BCUT2D eigenvalue weighted by Gasteiger charge is 2.38. The lowest BCUT2D eigenvalue weighted by atomic mass is 10.9. The molecule has 0 aromatic carbocycles. The summed E-state index contributed by atoms with van der Waals surface area (Å²) < 4.78 is 17.1. The fourth-order valence-electron chi connectivity index (χ4n) is 1.31. The molecule has 0 heterocycles. The minimum atomic E-state index is -2.16. The zero-order valence-corrected chi connectivity index (χ0v) is 11.7. The fraction of sp³-hybridized carbons (Fsp3) is 1.00. The molecule has 0 aliphatic rings. The number of hydrogen-bond acceptors (Lipinski definition) is 3. The molecule has 0 bridgehead atoms. The molecule has 0 atom stereocenters. The summed E-state index contributed by atoms with van der Waals surface area (Å²) in [5.74, 6) is 0. The van der Waals surface area contributed by atoms with Gasteiger partial charge in [-0.15, -0.1) is 0 Å². The van der Waals surface area contributed by atoms with Gasteiger partial charge >= 0.3 is 8.32 Å². The first kappa shape index (κ1) is 13.3. The zero-order chi connectivity index (χ0) is 10.2. The first-order valence-electron chi connectivity index (χ1n) is 5.16. The number of rotatable bonds is 8. The topological polar surface area (TPSA) is 27.7 Å². The molecule has 3 nitrogen and oxygen atoms in total. The molecular weight excluding hydrogens is 200 g/mol. The van der Waals surface area contributed by atoms with Crippen LogP contribution in [0, 0.1) is 0 Å². The normalized spacial score (nSPS) is 12.9. The van der Waals surface area contributed by atoms with E-state index in [9.17, 15) is 0 Å². The molecule has 0 unspecified atom stereocenters. The largest absolute Gasteiger partial charge is 0.462 e. The third kappa shape index (κ3) is 4.92. The summed E-state index contributed by atoms with van der Waals surface area (Å²) in [4.78, 5) is 0. The molecule has 0 aromatic heterocycles. The van der Waals surface area contributed by atoms with Gasteiger partial charge in [0, 0.05) is 19.8 Å². The van der Waals surface area contributed by atoms with Crippen molar-refractivity contribution in [1.29, 1.82) is 0 Å². The van der Waals surface area contributed by atoms with Crippen LogP contribution in [-0.4, -0.2) is 37.2 Å². The second-order valence-electron chi connectivity index (χ2n) is 2.73. The molecule has 0 aromatic rings. The van der Waals surface area contributed by atoms with Crippen molar-refractivity contribution < 1.29 is 13.3 Å². The van der Waals surface area contributed by atoms with E-state index in [2.05, 4.69) is 6.92 Å². The summed E-state index contributed by atoms with van der Waals surface area (Å²) in [6, 6.07) is 1.19. The second-order valence-corrected chi connectivity index (χ2v) is 10.6. The van der Waals surface area contributed by atoms with Gasteiger partial charge in [0.05, 0.1) is 0 Å². The van der Waals surface area contributed by atoms with E-state index in [0.717, 1.165) is 0 Å². The molecule has 80 valence electrons. The van der Waals surface area contributed by atoms with Crippen LogP contribution in [0.5, 0.6) is 0 Å². The molecular formula is C8H22O3Si2. The molecule has 0 saturated carbocycles. The molecule has 0 N–H and O–H groups in total. The fourth-order valence-corrected chi connectivity index (χ4v) is 8.90. The molecule has 0 rings (SSSR count). The SMILES string of the molecule is CCO[Si](OCC)(OCC)[SiH2]CC. The van der Waals surface area contributed by atoms with Gasteiger partial charge in [0.25, 0.3) is 0 Å². The smallest absolute Gasteiger partial charge is 0.377 e. The highest BCUT2D eigenvalue weighted by atomic mass is 29.2. The summed E-state index contributed by atoms with van der Waals surface area (Å²) in [5.41, 5.74) is 0. The molecule has 0 saturated heterocycles. The van der Waals surface area contributed by atoms with E-state index in [0.29, 0.717) is 19.8 Å². The lowest BCUT2D eigenvalue weighted by molar-refractivity contribution is 0.0929. The molecule has 0 aliphatic carbocycles. The van der Waals surface area contributed by atoms with Gasteiger partial charge in [0.2, 0.25) is 0 Å². The molecule has 0 radical (unpaired) electrons. The Morgan fingerprint density at radius 3 is 1.46 bits per heavy atom. The summed E-state index contributed by atoms with van der Waals surface area (Å²) in [7, 11) is -2.49. The average molecular weight is 222 g/mol. The van der Waals surface area contributed by atoms with E-state index in [1.165, 1.54) is 6.04 Å². The molecule has 5 heteroatoms. The summed E-state index contributed by atoms with van der Waals surface area (Å²) in [5, 5.41) is 0. The van der Waals surface area contributed by atoms with Gasteiger partial charge in [-0.2, -0.15) is 0 Å². The van der Waals surface area contributed by atoms with Crippen LogP contribution in [0.25, 0.3) is 0 Å². The third-order valence-electron chi connectivity index (χ3n) is 1.65. The van der Waals surface area contributed by atoms with Crippen molar-refractivity contribution in [3.63, 3.8) is 0 Å². The maximum Gasteiger partial charge on any atom is 0.462 e. The molecule has 0 spiro atoms. The minimum absolute atomic E-state index is 0.332. The van der Waals surface area contributed by atoms with Crippen molar-refractivity contribution in [3.05, 3.63) is 0 Å². The maximum atomic E-state index is 5.71. The van der Waals surface area contributed by atoms with Crippen LogP contribution in [0.2, 0.25) is 6.04 Å². The Bertz CT molecular complexity index is 92.4. The lowest BCUT2D eigenvalue weighted by Gasteiger charge is -2.28. The van der Waals surface area contributed by atoms with E-state index in [-0.39, 0.29) is 9.04 Å². The van der Waals surface area contributed by atoms with Crippen molar-refractivity contribution in [2.75, 3.05) is 19.8 Å². The van der Waals surface area contributed by atoms with Crippen LogP contribution < -0.4 is 0 Å². The molecule has 0 aliphatic heterocycles. The average Bonchev–Trinajstić information content (AvgIpc) is 2.06. The monoisotopic (exact) mass is 222 g/mol. The van der Waals surface area contributed by atoms with Gasteiger partial charge in [-0.25, -0.2) is 0 Å². The standard InChI is InChI=1S/C8H22O3Si2/c1-5-9-13(10-6-2,11-7-3)12-8-4/h5-8,12H2,1-4H3. The highest BCUT2D eigenvalue weighted by molar-refractivity contribution is 7.14. The minimum Gasteiger partial charge on any atom is -0.377 e. The van der Waals surface area contributed by atoms with Crippen LogP contribution in [0.15, 0.2) is 0 Å². The van der Waals surface area contributed by atoms with Crippen LogP contribution in [0.3, 0.4) is 0 Å². The molecule has 0 fully saturated rings. The van der Waals surface area contributed by atoms with E-state index < -0.39 is 8.32 Å². The maximum absolute atomic E-state index is 5.71. The van der Waals surface area contributed by atoms with Crippen molar-refractivity contribution >= 4 is 17.4 Å². The van der Waals surface area contributed by atoms with E-state index in [1.807, 2.05) is 20.8 Å². The van der Waals surface area contributed by atoms with Crippen LogP contribution in [0.4, 0.5) is 0 Å². The summed E-state index contributed by atoms with van der Waals surface area (Å²) in [6.07, 6.45) is 0. The van der Waals surface area contributed by atoms with Crippen LogP contribution in [-0.2, 0) is 13.3 Å². The molecule has 0 amide bonds. The first-order chi connectivity index (χ1) is 6.24. The Balaban J connectivity index is 4.19.